The second-order valence-electron chi connectivity index (χ2n) is 5.78. The van der Waals surface area contributed by atoms with Crippen LogP contribution in [0.1, 0.15) is 24.0 Å². The minimum atomic E-state index is -3.23. The minimum Gasteiger partial charge on any atom is -0.306 e. The Morgan fingerprint density at radius 1 is 1.25 bits per heavy atom. The second-order valence-corrected chi connectivity index (χ2v) is 7.59. The number of aryl methyl sites for hydroxylation is 1. The van der Waals surface area contributed by atoms with Crippen molar-refractivity contribution in [3.05, 3.63) is 35.4 Å². The summed E-state index contributed by atoms with van der Waals surface area (Å²) in [5.41, 5.74) is 1.90. The molecule has 112 valence electrons. The molecule has 1 aliphatic heterocycles. The molecule has 2 rings (SSSR count). The maximum atomic E-state index is 12.1. The SMILES string of the molecule is Cc1ccccc1CS(=O)(=O)NCC1CCN(C)CC1. The lowest BCUT2D eigenvalue weighted by Gasteiger charge is -2.28. The summed E-state index contributed by atoms with van der Waals surface area (Å²) in [7, 11) is -1.12. The van der Waals surface area contributed by atoms with E-state index in [-0.39, 0.29) is 5.75 Å². The van der Waals surface area contributed by atoms with E-state index < -0.39 is 10.0 Å². The molecular weight excluding hydrogens is 272 g/mol. The number of likely N-dealkylation sites (tertiary alicyclic amines) is 1. The third-order valence-electron chi connectivity index (χ3n) is 4.04. The molecule has 1 aromatic carbocycles. The predicted molar refractivity (Wildman–Crippen MR) is 82.0 cm³/mol. The van der Waals surface area contributed by atoms with Crippen LogP contribution >= 0.6 is 0 Å². The molecule has 1 saturated heterocycles. The Bertz CT molecular complexity index is 535. The molecule has 5 heteroatoms. The van der Waals surface area contributed by atoms with Gasteiger partial charge in [0, 0.05) is 6.54 Å². The summed E-state index contributed by atoms with van der Waals surface area (Å²) < 4.78 is 27.0. The van der Waals surface area contributed by atoms with Gasteiger partial charge in [-0.1, -0.05) is 24.3 Å². The average Bonchev–Trinajstić information content (AvgIpc) is 2.41. The van der Waals surface area contributed by atoms with Crippen molar-refractivity contribution < 1.29 is 8.42 Å². The van der Waals surface area contributed by atoms with Crippen LogP contribution in [-0.2, 0) is 15.8 Å². The Balaban J connectivity index is 1.87. The van der Waals surface area contributed by atoms with Gasteiger partial charge in [0.05, 0.1) is 5.75 Å². The van der Waals surface area contributed by atoms with Gasteiger partial charge in [-0.2, -0.15) is 0 Å². The zero-order chi connectivity index (χ0) is 14.6. The zero-order valence-corrected chi connectivity index (χ0v) is 13.1. The fourth-order valence-corrected chi connectivity index (χ4v) is 3.86. The minimum absolute atomic E-state index is 0.0757. The summed E-state index contributed by atoms with van der Waals surface area (Å²) in [6.45, 7) is 4.64. The molecule has 1 aliphatic rings. The molecule has 0 bridgehead atoms. The lowest BCUT2D eigenvalue weighted by atomic mass is 9.98. The summed E-state index contributed by atoms with van der Waals surface area (Å²) in [5, 5.41) is 0. The molecule has 1 aromatic rings. The van der Waals surface area contributed by atoms with Crippen molar-refractivity contribution >= 4 is 10.0 Å². The largest absolute Gasteiger partial charge is 0.306 e. The fourth-order valence-electron chi connectivity index (χ4n) is 2.54. The van der Waals surface area contributed by atoms with Crippen molar-refractivity contribution in [3.8, 4) is 0 Å². The van der Waals surface area contributed by atoms with Crippen molar-refractivity contribution in [2.45, 2.75) is 25.5 Å². The van der Waals surface area contributed by atoms with Gasteiger partial charge in [0.15, 0.2) is 0 Å². The Kier molecular flexibility index (Phi) is 5.18. The molecule has 0 aliphatic carbocycles. The van der Waals surface area contributed by atoms with Crippen molar-refractivity contribution in [3.63, 3.8) is 0 Å². The molecule has 0 aromatic heterocycles. The van der Waals surface area contributed by atoms with Gasteiger partial charge in [0.25, 0.3) is 0 Å². The van der Waals surface area contributed by atoms with Crippen LogP contribution in [0.2, 0.25) is 0 Å². The van der Waals surface area contributed by atoms with E-state index in [9.17, 15) is 8.42 Å². The van der Waals surface area contributed by atoms with Gasteiger partial charge in [-0.3, -0.25) is 0 Å². The van der Waals surface area contributed by atoms with Crippen LogP contribution in [0.5, 0.6) is 0 Å². The molecule has 0 radical (unpaired) electrons. The number of rotatable bonds is 5. The third-order valence-corrected chi connectivity index (χ3v) is 5.33. The fraction of sp³-hybridized carbons (Fsp3) is 0.600. The number of nitrogens with one attached hydrogen (secondary N) is 1. The number of piperidine rings is 1. The summed E-state index contributed by atoms with van der Waals surface area (Å²) >= 11 is 0. The van der Waals surface area contributed by atoms with E-state index in [4.69, 9.17) is 0 Å². The van der Waals surface area contributed by atoms with Gasteiger partial charge in [-0.15, -0.1) is 0 Å². The van der Waals surface area contributed by atoms with Crippen LogP contribution in [0.15, 0.2) is 24.3 Å². The molecular formula is C15H24N2O2S. The highest BCUT2D eigenvalue weighted by molar-refractivity contribution is 7.88. The van der Waals surface area contributed by atoms with E-state index in [1.165, 1.54) is 0 Å². The maximum absolute atomic E-state index is 12.1. The van der Waals surface area contributed by atoms with Gasteiger partial charge in [0.1, 0.15) is 0 Å². The Morgan fingerprint density at radius 3 is 2.55 bits per heavy atom. The lowest BCUT2D eigenvalue weighted by Crippen LogP contribution is -2.37. The molecule has 1 heterocycles. The Hall–Kier alpha value is -0.910. The lowest BCUT2D eigenvalue weighted by molar-refractivity contribution is 0.220. The number of nitrogens with zero attached hydrogens (tertiary/aromatic N) is 1. The molecule has 0 atom stereocenters. The van der Waals surface area contributed by atoms with Gasteiger partial charge in [-0.05, 0) is 56.9 Å². The summed E-state index contributed by atoms with van der Waals surface area (Å²) in [4.78, 5) is 2.29. The van der Waals surface area contributed by atoms with E-state index in [1.54, 1.807) is 0 Å². The van der Waals surface area contributed by atoms with Crippen LogP contribution < -0.4 is 4.72 Å². The quantitative estimate of drug-likeness (QED) is 0.900. The summed E-state index contributed by atoms with van der Waals surface area (Å²) in [6, 6.07) is 7.64. The standard InChI is InChI=1S/C15H24N2O2S/c1-13-5-3-4-6-15(13)12-20(18,19)16-11-14-7-9-17(2)10-8-14/h3-6,14,16H,7-12H2,1-2H3. The van der Waals surface area contributed by atoms with Gasteiger partial charge < -0.3 is 4.90 Å². The van der Waals surface area contributed by atoms with Gasteiger partial charge in [0.2, 0.25) is 10.0 Å². The van der Waals surface area contributed by atoms with E-state index in [0.29, 0.717) is 12.5 Å². The summed E-state index contributed by atoms with van der Waals surface area (Å²) in [6.07, 6.45) is 2.15. The zero-order valence-electron chi connectivity index (χ0n) is 12.3. The van der Waals surface area contributed by atoms with Crippen LogP contribution in [0, 0.1) is 12.8 Å². The van der Waals surface area contributed by atoms with Crippen LogP contribution in [-0.4, -0.2) is 40.0 Å². The first-order valence-corrected chi connectivity index (χ1v) is 8.82. The van der Waals surface area contributed by atoms with Crippen LogP contribution in [0.3, 0.4) is 0 Å². The highest BCUT2D eigenvalue weighted by atomic mass is 32.2. The average molecular weight is 296 g/mol. The number of sulfonamides is 1. The monoisotopic (exact) mass is 296 g/mol. The first kappa shape index (κ1) is 15.5. The Morgan fingerprint density at radius 2 is 1.90 bits per heavy atom. The maximum Gasteiger partial charge on any atom is 0.215 e. The first-order valence-electron chi connectivity index (χ1n) is 7.17. The highest BCUT2D eigenvalue weighted by Crippen LogP contribution is 2.16. The number of hydrogen-bond donors (Lipinski definition) is 1. The Labute approximate surface area is 122 Å². The van der Waals surface area contributed by atoms with E-state index in [2.05, 4.69) is 16.7 Å². The molecule has 1 fully saturated rings. The van der Waals surface area contributed by atoms with Crippen LogP contribution in [0.25, 0.3) is 0 Å². The molecule has 20 heavy (non-hydrogen) atoms. The van der Waals surface area contributed by atoms with Crippen molar-refractivity contribution in [2.75, 3.05) is 26.7 Å². The molecule has 0 saturated carbocycles. The predicted octanol–water partition coefficient (Wildman–Crippen LogP) is 1.76. The second kappa shape index (κ2) is 6.70. The van der Waals surface area contributed by atoms with E-state index >= 15 is 0 Å². The molecule has 0 unspecified atom stereocenters. The smallest absolute Gasteiger partial charge is 0.215 e. The third kappa shape index (κ3) is 4.58. The summed E-state index contributed by atoms with van der Waals surface area (Å²) in [5.74, 6) is 0.546. The molecule has 1 N–H and O–H groups in total. The van der Waals surface area contributed by atoms with Crippen molar-refractivity contribution in [1.82, 2.24) is 9.62 Å². The van der Waals surface area contributed by atoms with Crippen LogP contribution in [0.4, 0.5) is 0 Å². The van der Waals surface area contributed by atoms with Gasteiger partial charge in [-0.25, -0.2) is 13.1 Å². The van der Waals surface area contributed by atoms with E-state index in [0.717, 1.165) is 37.1 Å². The van der Waals surface area contributed by atoms with Crippen molar-refractivity contribution in [1.29, 1.82) is 0 Å². The van der Waals surface area contributed by atoms with Crippen molar-refractivity contribution in [2.24, 2.45) is 5.92 Å². The normalized spacial score (nSPS) is 18.3. The molecule has 0 amide bonds. The van der Waals surface area contributed by atoms with E-state index in [1.807, 2.05) is 31.2 Å². The van der Waals surface area contributed by atoms with Gasteiger partial charge >= 0.3 is 0 Å². The topological polar surface area (TPSA) is 49.4 Å². The number of hydrogen-bond acceptors (Lipinski definition) is 3. The first-order chi connectivity index (χ1) is 9.46. The molecule has 0 spiro atoms. The highest BCUT2D eigenvalue weighted by Gasteiger charge is 2.19. The molecule has 4 nitrogen and oxygen atoms in total. The number of benzene rings is 1.